The van der Waals surface area contributed by atoms with E-state index in [2.05, 4.69) is 10.5 Å². The van der Waals surface area contributed by atoms with E-state index in [0.717, 1.165) is 12.8 Å². The van der Waals surface area contributed by atoms with Crippen LogP contribution in [0, 0.1) is 6.92 Å². The SMILES string of the molecule is CCCCCN(CC(=O)Nc1cc(C)on1)S(=O)(=O)c1ccc(Cl)cc1. The molecule has 0 saturated heterocycles. The van der Waals surface area contributed by atoms with Crippen LogP contribution in [-0.2, 0) is 14.8 Å². The van der Waals surface area contributed by atoms with Gasteiger partial charge in [0, 0.05) is 17.6 Å². The summed E-state index contributed by atoms with van der Waals surface area (Å²) in [6.07, 6.45) is 2.48. The Morgan fingerprint density at radius 3 is 2.54 bits per heavy atom. The van der Waals surface area contributed by atoms with Crippen LogP contribution in [0.2, 0.25) is 5.02 Å². The van der Waals surface area contributed by atoms with Crippen LogP contribution in [0.5, 0.6) is 0 Å². The number of carbonyl (C=O) groups is 1. The van der Waals surface area contributed by atoms with Gasteiger partial charge in [-0.1, -0.05) is 36.5 Å². The summed E-state index contributed by atoms with van der Waals surface area (Å²) >= 11 is 5.83. The van der Waals surface area contributed by atoms with Gasteiger partial charge in [-0.15, -0.1) is 0 Å². The number of unbranched alkanes of at least 4 members (excludes halogenated alkanes) is 2. The third-order valence-electron chi connectivity index (χ3n) is 3.68. The standard InChI is InChI=1S/C17H22ClN3O4S/c1-3-4-5-10-21(12-17(22)19-16-11-13(2)25-20-16)26(23,24)15-8-6-14(18)7-9-15/h6-9,11H,3-5,10,12H2,1-2H3,(H,19,20,22). The van der Waals surface area contributed by atoms with E-state index in [1.807, 2.05) is 6.92 Å². The molecule has 1 aromatic heterocycles. The summed E-state index contributed by atoms with van der Waals surface area (Å²) in [5.41, 5.74) is 0. The third-order valence-corrected chi connectivity index (χ3v) is 5.79. The molecule has 0 atom stereocenters. The van der Waals surface area contributed by atoms with Gasteiger partial charge in [0.25, 0.3) is 0 Å². The molecule has 0 saturated carbocycles. The van der Waals surface area contributed by atoms with E-state index in [1.165, 1.54) is 28.6 Å². The summed E-state index contributed by atoms with van der Waals surface area (Å²) in [7, 11) is -3.81. The zero-order chi connectivity index (χ0) is 19.2. The van der Waals surface area contributed by atoms with Gasteiger partial charge in [0.15, 0.2) is 5.82 Å². The smallest absolute Gasteiger partial charge is 0.243 e. The molecule has 0 bridgehead atoms. The van der Waals surface area contributed by atoms with Crippen molar-refractivity contribution >= 4 is 33.3 Å². The van der Waals surface area contributed by atoms with E-state index in [0.29, 0.717) is 17.2 Å². The van der Waals surface area contributed by atoms with Crippen molar-refractivity contribution in [3.05, 3.63) is 41.1 Å². The second-order valence-corrected chi connectivity index (χ2v) is 8.24. The number of carbonyl (C=O) groups excluding carboxylic acids is 1. The lowest BCUT2D eigenvalue weighted by Gasteiger charge is -2.21. The second kappa shape index (κ2) is 9.16. The first-order valence-corrected chi connectivity index (χ1v) is 10.1. The molecule has 0 aliphatic rings. The van der Waals surface area contributed by atoms with Crippen molar-refractivity contribution in [3.63, 3.8) is 0 Å². The van der Waals surface area contributed by atoms with Gasteiger partial charge in [-0.25, -0.2) is 8.42 Å². The number of sulfonamides is 1. The highest BCUT2D eigenvalue weighted by molar-refractivity contribution is 7.89. The molecule has 0 aliphatic carbocycles. The fourth-order valence-corrected chi connectivity index (χ4v) is 3.91. The zero-order valence-electron chi connectivity index (χ0n) is 14.7. The van der Waals surface area contributed by atoms with Crippen LogP contribution < -0.4 is 5.32 Å². The van der Waals surface area contributed by atoms with Crippen molar-refractivity contribution in [3.8, 4) is 0 Å². The van der Waals surface area contributed by atoms with Crippen molar-refractivity contribution in [2.75, 3.05) is 18.4 Å². The molecular formula is C17H22ClN3O4S. The van der Waals surface area contributed by atoms with Crippen molar-refractivity contribution in [1.82, 2.24) is 9.46 Å². The van der Waals surface area contributed by atoms with Crippen LogP contribution in [0.1, 0.15) is 31.9 Å². The molecule has 0 aliphatic heterocycles. The number of hydrogen-bond donors (Lipinski definition) is 1. The van der Waals surface area contributed by atoms with Crippen LogP contribution in [0.4, 0.5) is 5.82 Å². The number of aromatic nitrogens is 1. The molecule has 2 rings (SSSR count). The van der Waals surface area contributed by atoms with Crippen LogP contribution in [0.25, 0.3) is 0 Å². The number of rotatable bonds is 9. The van der Waals surface area contributed by atoms with Crippen LogP contribution in [0.3, 0.4) is 0 Å². The lowest BCUT2D eigenvalue weighted by molar-refractivity contribution is -0.116. The molecular weight excluding hydrogens is 378 g/mol. The minimum absolute atomic E-state index is 0.100. The van der Waals surface area contributed by atoms with Crippen molar-refractivity contribution in [1.29, 1.82) is 0 Å². The zero-order valence-corrected chi connectivity index (χ0v) is 16.3. The average Bonchev–Trinajstić information content (AvgIpc) is 2.99. The van der Waals surface area contributed by atoms with E-state index in [-0.39, 0.29) is 23.8 Å². The second-order valence-electron chi connectivity index (χ2n) is 5.87. The van der Waals surface area contributed by atoms with Crippen LogP contribution >= 0.6 is 11.6 Å². The van der Waals surface area contributed by atoms with Gasteiger partial charge < -0.3 is 9.84 Å². The molecule has 0 unspecified atom stereocenters. The summed E-state index contributed by atoms with van der Waals surface area (Å²) in [6, 6.07) is 7.45. The van der Waals surface area contributed by atoms with E-state index in [1.54, 1.807) is 13.0 Å². The topological polar surface area (TPSA) is 92.5 Å². The maximum Gasteiger partial charge on any atom is 0.243 e. The largest absolute Gasteiger partial charge is 0.360 e. The van der Waals surface area contributed by atoms with Crippen molar-refractivity contribution in [2.24, 2.45) is 0 Å². The number of benzene rings is 1. The van der Waals surface area contributed by atoms with Gasteiger partial charge in [-0.2, -0.15) is 4.31 Å². The predicted octanol–water partition coefficient (Wildman–Crippen LogP) is 3.46. The summed E-state index contributed by atoms with van der Waals surface area (Å²) < 4.78 is 31.9. The van der Waals surface area contributed by atoms with Gasteiger partial charge in [0.2, 0.25) is 15.9 Å². The van der Waals surface area contributed by atoms with Crippen LogP contribution in [-0.4, -0.2) is 36.9 Å². The minimum atomic E-state index is -3.81. The van der Waals surface area contributed by atoms with E-state index >= 15 is 0 Å². The number of halogens is 1. The molecule has 7 nitrogen and oxygen atoms in total. The first kappa shape index (κ1) is 20.4. The third kappa shape index (κ3) is 5.55. The number of amides is 1. The average molecular weight is 400 g/mol. The van der Waals surface area contributed by atoms with Crippen LogP contribution in [0.15, 0.2) is 39.8 Å². The highest BCUT2D eigenvalue weighted by Crippen LogP contribution is 2.19. The minimum Gasteiger partial charge on any atom is -0.360 e. The molecule has 0 spiro atoms. The Hall–Kier alpha value is -1.90. The molecule has 9 heteroatoms. The normalized spacial score (nSPS) is 11.7. The monoisotopic (exact) mass is 399 g/mol. The Kier molecular flexibility index (Phi) is 7.19. The Bertz CT molecular complexity index is 834. The lowest BCUT2D eigenvalue weighted by Crippen LogP contribution is -2.38. The van der Waals surface area contributed by atoms with Gasteiger partial charge in [-0.3, -0.25) is 4.79 Å². The number of aryl methyl sites for hydroxylation is 1. The van der Waals surface area contributed by atoms with E-state index < -0.39 is 15.9 Å². The molecule has 1 heterocycles. The highest BCUT2D eigenvalue weighted by atomic mass is 35.5. The summed E-state index contributed by atoms with van der Waals surface area (Å²) in [4.78, 5) is 12.4. The summed E-state index contributed by atoms with van der Waals surface area (Å²) in [5.74, 6) is 0.325. The van der Waals surface area contributed by atoms with Crippen molar-refractivity contribution in [2.45, 2.75) is 38.0 Å². The van der Waals surface area contributed by atoms with Gasteiger partial charge in [-0.05, 0) is 37.6 Å². The number of nitrogens with zero attached hydrogens (tertiary/aromatic N) is 2. The fraction of sp³-hybridized carbons (Fsp3) is 0.412. The fourth-order valence-electron chi connectivity index (χ4n) is 2.35. The molecule has 2 aromatic rings. The molecule has 26 heavy (non-hydrogen) atoms. The van der Waals surface area contributed by atoms with E-state index in [9.17, 15) is 13.2 Å². The Labute approximate surface area is 158 Å². The van der Waals surface area contributed by atoms with Gasteiger partial charge in [0.1, 0.15) is 5.76 Å². The molecule has 1 aromatic carbocycles. The predicted molar refractivity (Wildman–Crippen MR) is 99.6 cm³/mol. The molecule has 0 fully saturated rings. The Morgan fingerprint density at radius 2 is 1.96 bits per heavy atom. The molecule has 0 radical (unpaired) electrons. The first-order chi connectivity index (χ1) is 12.3. The lowest BCUT2D eigenvalue weighted by atomic mass is 10.2. The molecule has 142 valence electrons. The first-order valence-electron chi connectivity index (χ1n) is 8.32. The number of hydrogen-bond acceptors (Lipinski definition) is 5. The van der Waals surface area contributed by atoms with Gasteiger partial charge >= 0.3 is 0 Å². The quantitative estimate of drug-likeness (QED) is 0.652. The number of anilines is 1. The Balaban J connectivity index is 2.15. The van der Waals surface area contributed by atoms with Gasteiger partial charge in [0.05, 0.1) is 11.4 Å². The molecule has 1 N–H and O–H groups in total. The maximum absolute atomic E-state index is 12.9. The maximum atomic E-state index is 12.9. The highest BCUT2D eigenvalue weighted by Gasteiger charge is 2.26. The summed E-state index contributed by atoms with van der Waals surface area (Å²) in [6.45, 7) is 3.67. The van der Waals surface area contributed by atoms with E-state index in [4.69, 9.17) is 16.1 Å². The molecule has 1 amide bonds. The Morgan fingerprint density at radius 1 is 1.27 bits per heavy atom. The van der Waals surface area contributed by atoms with Crippen molar-refractivity contribution < 1.29 is 17.7 Å². The summed E-state index contributed by atoms with van der Waals surface area (Å²) in [5, 5.41) is 6.67. The number of nitrogens with one attached hydrogen (secondary N) is 1.